The maximum absolute atomic E-state index is 13.3. The number of nitrogens with zero attached hydrogens (tertiary/aromatic N) is 1. The van der Waals surface area contributed by atoms with Crippen molar-refractivity contribution in [3.8, 4) is 23.0 Å². The van der Waals surface area contributed by atoms with Crippen molar-refractivity contribution in [3.63, 3.8) is 0 Å². The van der Waals surface area contributed by atoms with Gasteiger partial charge in [-0.3, -0.25) is 4.79 Å². The van der Waals surface area contributed by atoms with Crippen molar-refractivity contribution in [1.29, 1.82) is 0 Å². The summed E-state index contributed by atoms with van der Waals surface area (Å²) in [6.07, 6.45) is 2.45. The highest BCUT2D eigenvalue weighted by Crippen LogP contribution is 2.37. The Hall–Kier alpha value is -3.15. The first-order chi connectivity index (χ1) is 13.9. The van der Waals surface area contributed by atoms with Gasteiger partial charge in [0.15, 0.2) is 17.3 Å². The van der Waals surface area contributed by atoms with Crippen LogP contribution in [0.2, 0.25) is 0 Å². The summed E-state index contributed by atoms with van der Waals surface area (Å²) in [6, 6.07) is 9.18. The second-order valence-corrected chi connectivity index (χ2v) is 6.59. The molecule has 0 saturated carbocycles. The SMILES string of the molecule is CCC(=Cc1ccc(OC)c(N(C)C)c1)C(=O)c1cc(OC)cc(OC)c1OC. The Morgan fingerprint density at radius 1 is 0.931 bits per heavy atom. The monoisotopic (exact) mass is 399 g/mol. The van der Waals surface area contributed by atoms with Crippen LogP contribution in [-0.2, 0) is 0 Å². The second kappa shape index (κ2) is 9.87. The van der Waals surface area contributed by atoms with Gasteiger partial charge in [-0.25, -0.2) is 0 Å². The Morgan fingerprint density at radius 2 is 1.62 bits per heavy atom. The third-order valence-corrected chi connectivity index (χ3v) is 4.63. The van der Waals surface area contributed by atoms with Gasteiger partial charge >= 0.3 is 0 Å². The summed E-state index contributed by atoms with van der Waals surface area (Å²) in [5.74, 6) is 2.01. The van der Waals surface area contributed by atoms with E-state index < -0.39 is 0 Å². The van der Waals surface area contributed by atoms with E-state index in [9.17, 15) is 4.79 Å². The minimum absolute atomic E-state index is 0.135. The highest BCUT2D eigenvalue weighted by atomic mass is 16.5. The minimum atomic E-state index is -0.135. The van der Waals surface area contributed by atoms with Crippen LogP contribution in [0.15, 0.2) is 35.9 Å². The summed E-state index contributed by atoms with van der Waals surface area (Å²) in [5.41, 5.74) is 2.89. The molecule has 6 nitrogen and oxygen atoms in total. The van der Waals surface area contributed by atoms with Crippen molar-refractivity contribution in [2.75, 3.05) is 47.4 Å². The number of Topliss-reactive ketones (excluding diaryl/α,β-unsaturated/α-hetero) is 1. The molecule has 0 aromatic heterocycles. The number of allylic oxidation sites excluding steroid dienone is 1. The molecule has 0 aliphatic rings. The number of anilines is 1. The molecule has 0 saturated heterocycles. The highest BCUT2D eigenvalue weighted by Gasteiger charge is 2.21. The van der Waals surface area contributed by atoms with Crippen molar-refractivity contribution >= 4 is 17.5 Å². The van der Waals surface area contributed by atoms with Gasteiger partial charge in [0.2, 0.25) is 0 Å². The lowest BCUT2D eigenvalue weighted by molar-refractivity contribution is 0.102. The van der Waals surface area contributed by atoms with E-state index in [2.05, 4.69) is 0 Å². The predicted molar refractivity (Wildman–Crippen MR) is 116 cm³/mol. The van der Waals surface area contributed by atoms with E-state index >= 15 is 0 Å². The third-order valence-electron chi connectivity index (χ3n) is 4.63. The summed E-state index contributed by atoms with van der Waals surface area (Å²) in [6.45, 7) is 1.95. The molecule has 0 N–H and O–H groups in total. The largest absolute Gasteiger partial charge is 0.497 e. The Bertz CT molecular complexity index is 902. The van der Waals surface area contributed by atoms with Gasteiger partial charge in [0.05, 0.1) is 39.7 Å². The standard InChI is InChI=1S/C23H29NO5/c1-8-16(11-15-9-10-20(27-5)19(12-15)24(2)3)22(25)18-13-17(26-4)14-21(28-6)23(18)29-7/h9-14H,8H2,1-7H3. The minimum Gasteiger partial charge on any atom is -0.497 e. The van der Waals surface area contributed by atoms with Crippen LogP contribution in [0.5, 0.6) is 23.0 Å². The zero-order chi connectivity index (χ0) is 21.6. The zero-order valence-corrected chi connectivity index (χ0v) is 18.2. The number of ketones is 1. The molecule has 0 atom stereocenters. The smallest absolute Gasteiger partial charge is 0.193 e. The molecule has 29 heavy (non-hydrogen) atoms. The molecule has 0 radical (unpaired) electrons. The lowest BCUT2D eigenvalue weighted by atomic mass is 9.97. The number of hydrogen-bond acceptors (Lipinski definition) is 6. The van der Waals surface area contributed by atoms with E-state index in [1.165, 1.54) is 14.2 Å². The summed E-state index contributed by atoms with van der Waals surface area (Å²) in [4.78, 5) is 15.3. The number of hydrogen-bond donors (Lipinski definition) is 0. The summed E-state index contributed by atoms with van der Waals surface area (Å²) < 4.78 is 21.6. The fraction of sp³-hybridized carbons (Fsp3) is 0.348. The molecule has 2 aromatic carbocycles. The van der Waals surface area contributed by atoms with E-state index in [0.717, 1.165) is 17.0 Å². The number of benzene rings is 2. The van der Waals surface area contributed by atoms with Gasteiger partial charge in [-0.05, 0) is 36.3 Å². The highest BCUT2D eigenvalue weighted by molar-refractivity contribution is 6.13. The molecule has 0 bridgehead atoms. The fourth-order valence-electron chi connectivity index (χ4n) is 3.07. The van der Waals surface area contributed by atoms with E-state index in [-0.39, 0.29) is 5.78 Å². The predicted octanol–water partition coefficient (Wildman–Crippen LogP) is 4.46. The van der Waals surface area contributed by atoms with Crippen LogP contribution in [0, 0.1) is 0 Å². The molecule has 2 aromatic rings. The first-order valence-corrected chi connectivity index (χ1v) is 9.30. The molecule has 156 valence electrons. The lowest BCUT2D eigenvalue weighted by Gasteiger charge is -2.17. The van der Waals surface area contributed by atoms with E-state index in [4.69, 9.17) is 18.9 Å². The summed E-state index contributed by atoms with van der Waals surface area (Å²) in [7, 11) is 10.1. The van der Waals surface area contributed by atoms with Crippen molar-refractivity contribution in [2.45, 2.75) is 13.3 Å². The Balaban J connectivity index is 2.55. The van der Waals surface area contributed by atoms with Gasteiger partial charge in [-0.15, -0.1) is 0 Å². The van der Waals surface area contributed by atoms with Crippen molar-refractivity contribution < 1.29 is 23.7 Å². The van der Waals surface area contributed by atoms with Gasteiger partial charge < -0.3 is 23.8 Å². The molecule has 2 rings (SSSR count). The number of carbonyl (C=O) groups excluding carboxylic acids is 1. The third kappa shape index (κ3) is 4.83. The summed E-state index contributed by atoms with van der Waals surface area (Å²) >= 11 is 0. The van der Waals surface area contributed by atoms with Crippen LogP contribution in [-0.4, -0.2) is 48.3 Å². The normalized spacial score (nSPS) is 11.1. The lowest BCUT2D eigenvalue weighted by Crippen LogP contribution is -2.10. The first kappa shape index (κ1) is 22.1. The van der Waals surface area contributed by atoms with Crippen molar-refractivity contribution in [1.82, 2.24) is 0 Å². The van der Waals surface area contributed by atoms with E-state index in [1.807, 2.05) is 50.2 Å². The summed E-state index contributed by atoms with van der Waals surface area (Å²) in [5, 5.41) is 0. The average Bonchev–Trinajstić information content (AvgIpc) is 2.75. The average molecular weight is 399 g/mol. The van der Waals surface area contributed by atoms with Crippen LogP contribution in [0.1, 0.15) is 29.3 Å². The second-order valence-electron chi connectivity index (χ2n) is 6.59. The van der Waals surface area contributed by atoms with Crippen LogP contribution < -0.4 is 23.8 Å². The van der Waals surface area contributed by atoms with E-state index in [1.54, 1.807) is 26.4 Å². The molecule has 0 aliphatic heterocycles. The van der Waals surface area contributed by atoms with Gasteiger partial charge in [0.1, 0.15) is 11.5 Å². The maximum Gasteiger partial charge on any atom is 0.193 e. The molecular weight excluding hydrogens is 370 g/mol. The first-order valence-electron chi connectivity index (χ1n) is 9.30. The molecule has 0 amide bonds. The van der Waals surface area contributed by atoms with Gasteiger partial charge in [0, 0.05) is 25.7 Å². The maximum atomic E-state index is 13.3. The Morgan fingerprint density at radius 3 is 2.14 bits per heavy atom. The molecule has 0 heterocycles. The number of rotatable bonds is 9. The molecular formula is C23H29NO5. The zero-order valence-electron chi connectivity index (χ0n) is 18.2. The topological polar surface area (TPSA) is 57.2 Å². The number of carbonyl (C=O) groups is 1. The Kier molecular flexibility index (Phi) is 7.53. The van der Waals surface area contributed by atoms with E-state index in [0.29, 0.717) is 34.8 Å². The van der Waals surface area contributed by atoms with Gasteiger partial charge in [-0.1, -0.05) is 13.0 Å². The van der Waals surface area contributed by atoms with Crippen LogP contribution in [0.4, 0.5) is 5.69 Å². The van der Waals surface area contributed by atoms with Crippen LogP contribution in [0.3, 0.4) is 0 Å². The Labute approximate surface area is 172 Å². The quantitative estimate of drug-likeness (QED) is 0.458. The van der Waals surface area contributed by atoms with Gasteiger partial charge in [0.25, 0.3) is 0 Å². The molecule has 0 unspecified atom stereocenters. The number of ether oxygens (including phenoxy) is 4. The van der Waals surface area contributed by atoms with Crippen LogP contribution in [0.25, 0.3) is 6.08 Å². The van der Waals surface area contributed by atoms with Crippen molar-refractivity contribution in [2.24, 2.45) is 0 Å². The molecule has 0 fully saturated rings. The van der Waals surface area contributed by atoms with Gasteiger partial charge in [-0.2, -0.15) is 0 Å². The fourth-order valence-corrected chi connectivity index (χ4v) is 3.07. The van der Waals surface area contributed by atoms with Crippen LogP contribution >= 0.6 is 0 Å². The number of methoxy groups -OCH3 is 4. The van der Waals surface area contributed by atoms with Crippen molar-refractivity contribution in [3.05, 3.63) is 47.0 Å². The molecule has 0 aliphatic carbocycles. The molecule has 6 heteroatoms. The molecule has 0 spiro atoms.